The van der Waals surface area contributed by atoms with Crippen LogP contribution in [0.5, 0.6) is 0 Å². The minimum atomic E-state index is 0.286. The van der Waals surface area contributed by atoms with E-state index in [1.807, 2.05) is 0 Å². The molecule has 90 valence electrons. The fourth-order valence-corrected chi connectivity index (χ4v) is 2.32. The smallest absolute Gasteiger partial charge is 0.0436 e. The first-order valence-electron chi connectivity index (χ1n) is 6.17. The van der Waals surface area contributed by atoms with Gasteiger partial charge in [-0.25, -0.2) is 0 Å². The van der Waals surface area contributed by atoms with Crippen LogP contribution in [-0.4, -0.2) is 36.0 Å². The molecule has 0 radical (unpaired) electrons. The van der Waals surface area contributed by atoms with Crippen molar-refractivity contribution in [2.45, 2.75) is 51.5 Å². The lowest BCUT2D eigenvalue weighted by Gasteiger charge is -2.42. The quantitative estimate of drug-likeness (QED) is 0.572. The van der Waals surface area contributed by atoms with E-state index in [9.17, 15) is 0 Å². The van der Waals surface area contributed by atoms with Crippen LogP contribution in [0.3, 0.4) is 0 Å². The molecule has 0 amide bonds. The molecule has 1 fully saturated rings. The summed E-state index contributed by atoms with van der Waals surface area (Å²) in [6.07, 6.45) is 6.67. The Hall–Kier alpha value is -0.120. The molecule has 1 aliphatic carbocycles. The molecule has 0 aromatic heterocycles. The van der Waals surface area contributed by atoms with E-state index in [0.717, 1.165) is 25.8 Å². The lowest BCUT2D eigenvalue weighted by Crippen LogP contribution is -2.43. The average molecular weight is 215 g/mol. The Bertz CT molecular complexity index is 169. The summed E-state index contributed by atoms with van der Waals surface area (Å²) in [5.74, 6) is 0. The third kappa shape index (κ3) is 4.09. The first-order valence-corrected chi connectivity index (χ1v) is 6.17. The summed E-state index contributed by atoms with van der Waals surface area (Å²) in [7, 11) is 0. The summed E-state index contributed by atoms with van der Waals surface area (Å²) >= 11 is 0. The molecule has 1 rings (SSSR count). The van der Waals surface area contributed by atoms with E-state index in [4.69, 9.17) is 10.2 Å². The molecular formula is C12H25NO2. The van der Waals surface area contributed by atoms with Crippen molar-refractivity contribution in [1.29, 1.82) is 0 Å². The Morgan fingerprint density at radius 3 is 2.47 bits per heavy atom. The van der Waals surface area contributed by atoms with E-state index in [-0.39, 0.29) is 6.61 Å². The molecule has 0 aromatic carbocycles. The molecule has 0 heterocycles. The minimum absolute atomic E-state index is 0.286. The number of rotatable bonds is 8. The molecule has 0 aromatic rings. The monoisotopic (exact) mass is 215 g/mol. The van der Waals surface area contributed by atoms with Gasteiger partial charge in [0.15, 0.2) is 0 Å². The maximum absolute atomic E-state index is 9.01. The zero-order valence-electron chi connectivity index (χ0n) is 9.84. The van der Waals surface area contributed by atoms with E-state index in [1.54, 1.807) is 0 Å². The highest BCUT2D eigenvalue weighted by Gasteiger charge is 2.35. The van der Waals surface area contributed by atoms with Gasteiger partial charge in [-0.05, 0) is 44.4 Å². The molecule has 0 bridgehead atoms. The van der Waals surface area contributed by atoms with Crippen LogP contribution in [0, 0.1) is 5.41 Å². The standard InChI is InChI=1S/C12H25NO2/c1-11(4-2-8-14)13-10-12(7-9-15)5-3-6-12/h11,13-15H,2-10H2,1H3. The van der Waals surface area contributed by atoms with Gasteiger partial charge in [0.25, 0.3) is 0 Å². The minimum Gasteiger partial charge on any atom is -0.396 e. The maximum atomic E-state index is 9.01. The number of aliphatic hydroxyl groups excluding tert-OH is 2. The Kier molecular flexibility index (Phi) is 5.58. The summed E-state index contributed by atoms with van der Waals surface area (Å²) in [4.78, 5) is 0. The molecule has 0 spiro atoms. The van der Waals surface area contributed by atoms with Gasteiger partial charge in [0.05, 0.1) is 0 Å². The summed E-state index contributed by atoms with van der Waals surface area (Å²) in [6.45, 7) is 3.79. The SMILES string of the molecule is CC(CCCO)NCC1(CCO)CCC1. The van der Waals surface area contributed by atoms with Crippen molar-refractivity contribution in [1.82, 2.24) is 5.32 Å². The van der Waals surface area contributed by atoms with Crippen LogP contribution in [0.25, 0.3) is 0 Å². The highest BCUT2D eigenvalue weighted by molar-refractivity contribution is 4.89. The van der Waals surface area contributed by atoms with Gasteiger partial charge >= 0.3 is 0 Å². The highest BCUT2D eigenvalue weighted by Crippen LogP contribution is 2.43. The lowest BCUT2D eigenvalue weighted by atomic mass is 9.66. The van der Waals surface area contributed by atoms with Crippen LogP contribution in [-0.2, 0) is 0 Å². The predicted molar refractivity (Wildman–Crippen MR) is 61.8 cm³/mol. The molecule has 3 heteroatoms. The van der Waals surface area contributed by atoms with E-state index in [0.29, 0.717) is 18.1 Å². The lowest BCUT2D eigenvalue weighted by molar-refractivity contribution is 0.0826. The van der Waals surface area contributed by atoms with Crippen LogP contribution < -0.4 is 5.32 Å². The fourth-order valence-electron chi connectivity index (χ4n) is 2.32. The first-order chi connectivity index (χ1) is 7.22. The summed E-state index contributed by atoms with van der Waals surface area (Å²) in [6, 6.07) is 0.480. The van der Waals surface area contributed by atoms with Gasteiger partial charge in [0, 0.05) is 25.8 Å². The molecule has 1 atom stereocenters. The van der Waals surface area contributed by atoms with Crippen molar-refractivity contribution in [2.75, 3.05) is 19.8 Å². The predicted octanol–water partition coefficient (Wildman–Crippen LogP) is 1.29. The van der Waals surface area contributed by atoms with Gasteiger partial charge < -0.3 is 15.5 Å². The van der Waals surface area contributed by atoms with Crippen LogP contribution >= 0.6 is 0 Å². The average Bonchev–Trinajstić information content (AvgIpc) is 2.18. The molecule has 1 unspecified atom stereocenters. The second-order valence-corrected chi connectivity index (χ2v) is 4.97. The maximum Gasteiger partial charge on any atom is 0.0436 e. The van der Waals surface area contributed by atoms with Crippen LogP contribution in [0.4, 0.5) is 0 Å². The van der Waals surface area contributed by atoms with Gasteiger partial charge in [0.2, 0.25) is 0 Å². The van der Waals surface area contributed by atoms with Crippen molar-refractivity contribution < 1.29 is 10.2 Å². The van der Waals surface area contributed by atoms with Crippen molar-refractivity contribution in [3.63, 3.8) is 0 Å². The van der Waals surface area contributed by atoms with Gasteiger partial charge in [-0.2, -0.15) is 0 Å². The van der Waals surface area contributed by atoms with Gasteiger partial charge in [-0.3, -0.25) is 0 Å². The number of aliphatic hydroxyl groups is 2. The van der Waals surface area contributed by atoms with Crippen molar-refractivity contribution in [3.8, 4) is 0 Å². The van der Waals surface area contributed by atoms with Crippen molar-refractivity contribution in [3.05, 3.63) is 0 Å². The van der Waals surface area contributed by atoms with Gasteiger partial charge in [-0.15, -0.1) is 0 Å². The number of hydrogen-bond acceptors (Lipinski definition) is 3. The first kappa shape index (κ1) is 12.9. The highest BCUT2D eigenvalue weighted by atomic mass is 16.3. The van der Waals surface area contributed by atoms with E-state index >= 15 is 0 Å². The second-order valence-electron chi connectivity index (χ2n) is 4.97. The molecule has 1 aliphatic rings. The van der Waals surface area contributed by atoms with Crippen LogP contribution in [0.1, 0.15) is 45.4 Å². The third-order valence-electron chi connectivity index (χ3n) is 3.68. The van der Waals surface area contributed by atoms with E-state index in [2.05, 4.69) is 12.2 Å². The van der Waals surface area contributed by atoms with Gasteiger partial charge in [0.1, 0.15) is 0 Å². The number of hydrogen-bond donors (Lipinski definition) is 3. The van der Waals surface area contributed by atoms with Crippen molar-refractivity contribution in [2.24, 2.45) is 5.41 Å². The van der Waals surface area contributed by atoms with Crippen LogP contribution in [0.2, 0.25) is 0 Å². The summed E-state index contributed by atoms with van der Waals surface area (Å²) in [5, 5.41) is 21.3. The molecular weight excluding hydrogens is 190 g/mol. The Morgan fingerprint density at radius 2 is 2.00 bits per heavy atom. The summed E-state index contributed by atoms with van der Waals surface area (Å²) in [5.41, 5.74) is 0.377. The Balaban J connectivity index is 2.16. The zero-order valence-corrected chi connectivity index (χ0v) is 9.84. The topological polar surface area (TPSA) is 52.5 Å². The molecule has 3 N–H and O–H groups in total. The molecule has 1 saturated carbocycles. The fraction of sp³-hybridized carbons (Fsp3) is 1.00. The van der Waals surface area contributed by atoms with E-state index in [1.165, 1.54) is 19.3 Å². The van der Waals surface area contributed by atoms with Crippen molar-refractivity contribution >= 4 is 0 Å². The Morgan fingerprint density at radius 1 is 1.27 bits per heavy atom. The van der Waals surface area contributed by atoms with Crippen LogP contribution in [0.15, 0.2) is 0 Å². The second kappa shape index (κ2) is 6.46. The van der Waals surface area contributed by atoms with E-state index < -0.39 is 0 Å². The number of nitrogens with one attached hydrogen (secondary N) is 1. The normalized spacial score (nSPS) is 21.0. The molecule has 15 heavy (non-hydrogen) atoms. The molecule has 0 saturated heterocycles. The largest absolute Gasteiger partial charge is 0.396 e. The third-order valence-corrected chi connectivity index (χ3v) is 3.68. The summed E-state index contributed by atoms with van der Waals surface area (Å²) < 4.78 is 0. The molecule has 0 aliphatic heterocycles. The van der Waals surface area contributed by atoms with Gasteiger partial charge in [-0.1, -0.05) is 6.42 Å². The zero-order chi connectivity index (χ0) is 11.1. The Labute approximate surface area is 92.9 Å². The molecule has 3 nitrogen and oxygen atoms in total.